The zero-order chi connectivity index (χ0) is 31.2. The first kappa shape index (κ1) is 32.7. The van der Waals surface area contributed by atoms with Crippen LogP contribution in [0.25, 0.3) is 0 Å². The van der Waals surface area contributed by atoms with Gasteiger partial charge in [0.1, 0.15) is 6.10 Å². The molecule has 5 aliphatic carbocycles. The Morgan fingerprint density at radius 3 is 2.30 bits per heavy atom. The van der Waals surface area contributed by atoms with Crippen molar-refractivity contribution in [3.05, 3.63) is 0 Å². The van der Waals surface area contributed by atoms with Crippen molar-refractivity contribution in [2.75, 3.05) is 33.9 Å². The van der Waals surface area contributed by atoms with Crippen molar-refractivity contribution in [2.24, 2.45) is 50.7 Å². The summed E-state index contributed by atoms with van der Waals surface area (Å²) in [6, 6.07) is 0. The van der Waals surface area contributed by atoms with Gasteiger partial charge in [0.25, 0.3) is 0 Å². The van der Waals surface area contributed by atoms with Gasteiger partial charge in [-0.05, 0) is 117 Å². The number of nitrogens with one attached hydrogen (secondary N) is 1. The summed E-state index contributed by atoms with van der Waals surface area (Å²) in [5.74, 6) is 2.01. The Bertz CT molecular complexity index is 1020. The third-order valence-electron chi connectivity index (χ3n) is 15.3. The maximum absolute atomic E-state index is 12.1. The van der Waals surface area contributed by atoms with Gasteiger partial charge in [-0.25, -0.2) is 0 Å². The molecule has 0 aromatic carbocycles. The van der Waals surface area contributed by atoms with Crippen molar-refractivity contribution in [1.82, 2.24) is 5.32 Å². The lowest BCUT2D eigenvalue weighted by Crippen LogP contribution is -2.60. The third-order valence-corrected chi connectivity index (χ3v) is 15.3. The van der Waals surface area contributed by atoms with Gasteiger partial charge in [0, 0.05) is 32.7 Å². The molecule has 6 aliphatic rings. The third kappa shape index (κ3) is 4.59. The summed E-state index contributed by atoms with van der Waals surface area (Å²) in [6.45, 7) is 18.4. The van der Waals surface area contributed by atoms with Crippen molar-refractivity contribution in [2.45, 2.75) is 143 Å². The molecule has 0 amide bonds. The van der Waals surface area contributed by atoms with Gasteiger partial charge in [0.05, 0.1) is 30.5 Å². The van der Waals surface area contributed by atoms with Crippen LogP contribution in [0.4, 0.5) is 0 Å². The van der Waals surface area contributed by atoms with Gasteiger partial charge in [-0.3, -0.25) is 0 Å². The maximum Gasteiger partial charge on any atom is 0.170 e. The second kappa shape index (κ2) is 10.9. The molecule has 43 heavy (non-hydrogen) atoms. The van der Waals surface area contributed by atoms with E-state index in [9.17, 15) is 10.2 Å². The van der Waals surface area contributed by atoms with Crippen LogP contribution in [0.5, 0.6) is 0 Å². The molecule has 6 fully saturated rings. The molecule has 2 spiro atoms. The molecule has 6 rings (SSSR count). The summed E-state index contributed by atoms with van der Waals surface area (Å²) in [6.07, 6.45) is 9.61. The summed E-state index contributed by atoms with van der Waals surface area (Å²) in [5, 5.41) is 26.3. The van der Waals surface area contributed by atoms with Gasteiger partial charge < -0.3 is 34.5 Å². The Balaban J connectivity index is 1.22. The van der Waals surface area contributed by atoms with Crippen molar-refractivity contribution < 1.29 is 29.2 Å². The van der Waals surface area contributed by atoms with Crippen LogP contribution in [-0.2, 0) is 18.9 Å². The number of hydrogen-bond acceptors (Lipinski definition) is 7. The number of hydrogen-bond donors (Lipinski definition) is 3. The summed E-state index contributed by atoms with van der Waals surface area (Å²) >= 11 is 0. The zero-order valence-corrected chi connectivity index (χ0v) is 28.7. The quantitative estimate of drug-likeness (QED) is 0.317. The predicted octanol–water partition coefficient (Wildman–Crippen LogP) is 5.55. The van der Waals surface area contributed by atoms with Crippen molar-refractivity contribution >= 4 is 0 Å². The molecule has 1 saturated heterocycles. The summed E-state index contributed by atoms with van der Waals surface area (Å²) in [5.41, 5.74) is -0.110. The van der Waals surface area contributed by atoms with E-state index in [1.165, 1.54) is 38.5 Å². The van der Waals surface area contributed by atoms with Crippen LogP contribution in [0, 0.1) is 50.7 Å². The van der Waals surface area contributed by atoms with Crippen LogP contribution < -0.4 is 5.32 Å². The first-order valence-electron chi connectivity index (χ1n) is 17.6. The predicted molar refractivity (Wildman–Crippen MR) is 167 cm³/mol. The fourth-order valence-corrected chi connectivity index (χ4v) is 13.1. The van der Waals surface area contributed by atoms with Crippen molar-refractivity contribution in [3.8, 4) is 0 Å². The van der Waals surface area contributed by atoms with Crippen LogP contribution in [0.3, 0.4) is 0 Å². The molecule has 7 unspecified atom stereocenters. The summed E-state index contributed by atoms with van der Waals surface area (Å²) in [7, 11) is 3.40. The Kier molecular flexibility index (Phi) is 8.27. The lowest BCUT2D eigenvalue weighted by atomic mass is 9.41. The van der Waals surface area contributed by atoms with Gasteiger partial charge in [-0.1, -0.05) is 34.6 Å². The lowest BCUT2D eigenvalue weighted by Gasteiger charge is -2.64. The highest BCUT2D eigenvalue weighted by Gasteiger charge is 2.83. The first-order valence-corrected chi connectivity index (χ1v) is 17.6. The van der Waals surface area contributed by atoms with E-state index >= 15 is 0 Å². The minimum Gasteiger partial charge on any atom is -0.393 e. The number of aliphatic hydroxyl groups is 2. The Morgan fingerprint density at radius 2 is 1.67 bits per heavy atom. The zero-order valence-electron chi connectivity index (χ0n) is 28.7. The number of rotatable bonds is 9. The van der Waals surface area contributed by atoms with E-state index in [0.29, 0.717) is 34.5 Å². The molecule has 7 heteroatoms. The normalized spacial score (nSPS) is 49.2. The lowest BCUT2D eigenvalue weighted by molar-refractivity contribution is -0.237. The van der Waals surface area contributed by atoms with Crippen LogP contribution >= 0.6 is 0 Å². The molecule has 0 aromatic rings. The van der Waals surface area contributed by atoms with Crippen molar-refractivity contribution in [3.63, 3.8) is 0 Å². The van der Waals surface area contributed by atoms with Gasteiger partial charge in [0.15, 0.2) is 6.29 Å². The summed E-state index contributed by atoms with van der Waals surface area (Å²) < 4.78 is 24.4. The Morgan fingerprint density at radius 1 is 0.977 bits per heavy atom. The number of aliphatic hydroxyl groups excluding tert-OH is 1. The van der Waals surface area contributed by atoms with Crippen LogP contribution in [0.1, 0.15) is 106 Å². The molecule has 3 N–H and O–H groups in total. The minimum absolute atomic E-state index is 0.0785. The molecular weight excluding hydrogens is 542 g/mol. The molecule has 1 heterocycles. The number of morpholine rings is 1. The minimum atomic E-state index is -0.989. The van der Waals surface area contributed by atoms with Crippen LogP contribution in [0.15, 0.2) is 0 Å². The number of methoxy groups -OCH3 is 2. The van der Waals surface area contributed by atoms with Gasteiger partial charge in [-0.15, -0.1) is 0 Å². The second-order valence-corrected chi connectivity index (χ2v) is 17.5. The van der Waals surface area contributed by atoms with E-state index in [2.05, 4.69) is 39.9 Å². The SMILES string of the molecule is COC(C[C@@H](C)[C@H]1C[C@H](O)[C@@]2(C)C3CC[C@H]4C(C)(C)C(O[C@H]5CNCCO5)CCC45CC35CCC12C)C(OC)C(C)(C)O. The average Bonchev–Trinajstić information content (AvgIpc) is 3.57. The monoisotopic (exact) mass is 605 g/mol. The molecule has 7 nitrogen and oxygen atoms in total. The Labute approximate surface area is 261 Å². The molecule has 13 atom stereocenters. The topological polar surface area (TPSA) is 89.4 Å². The van der Waals surface area contributed by atoms with E-state index in [0.717, 1.165) is 39.0 Å². The maximum atomic E-state index is 12.1. The molecule has 0 bridgehead atoms. The van der Waals surface area contributed by atoms with E-state index in [1.54, 1.807) is 28.1 Å². The van der Waals surface area contributed by atoms with Gasteiger partial charge in [0.2, 0.25) is 0 Å². The van der Waals surface area contributed by atoms with Crippen LogP contribution in [-0.4, -0.2) is 80.4 Å². The van der Waals surface area contributed by atoms with Gasteiger partial charge >= 0.3 is 0 Å². The molecule has 0 aromatic heterocycles. The summed E-state index contributed by atoms with van der Waals surface area (Å²) in [4.78, 5) is 0. The first-order chi connectivity index (χ1) is 20.1. The molecule has 0 radical (unpaired) electrons. The molecular formula is C36H63NO6. The number of fused-ring (bicyclic) bond motifs is 2. The van der Waals surface area contributed by atoms with E-state index in [4.69, 9.17) is 18.9 Å². The van der Waals surface area contributed by atoms with E-state index in [1.807, 2.05) is 0 Å². The fraction of sp³-hybridized carbons (Fsp3) is 1.00. The van der Waals surface area contributed by atoms with Gasteiger partial charge in [-0.2, -0.15) is 0 Å². The molecule has 5 saturated carbocycles. The average molecular weight is 606 g/mol. The smallest absolute Gasteiger partial charge is 0.170 e. The Hall–Kier alpha value is -0.280. The molecule has 1 aliphatic heterocycles. The highest BCUT2D eigenvalue weighted by Crippen LogP contribution is 2.89. The second-order valence-electron chi connectivity index (χ2n) is 17.5. The molecule has 248 valence electrons. The fourth-order valence-electron chi connectivity index (χ4n) is 13.1. The largest absolute Gasteiger partial charge is 0.393 e. The standard InChI is InChI=1S/C36H63NO6/c1-22(18-24(40-8)30(41-9)32(4,5)39)23-19-27(38)34(7)26-11-10-25-31(2,3)28(43-29-20-37-16-17-42-29)12-13-35(25)21-36(26,35)15-14-33(23,34)6/h22-30,37-39H,10-21H2,1-9H3/t22-,23-,24?,25+,26?,27+,28?,29+,30?,33?,34-,35?,36?/m1/s1. The van der Waals surface area contributed by atoms with Crippen LogP contribution in [0.2, 0.25) is 0 Å². The van der Waals surface area contributed by atoms with Crippen molar-refractivity contribution in [1.29, 1.82) is 0 Å². The van der Waals surface area contributed by atoms with E-state index < -0.39 is 11.7 Å². The highest BCUT2D eigenvalue weighted by molar-refractivity contribution is 5.31. The van der Waals surface area contributed by atoms with E-state index in [-0.39, 0.29) is 40.8 Å². The highest BCUT2D eigenvalue weighted by atomic mass is 16.7. The number of ether oxygens (including phenoxy) is 4.